The molecule has 0 aromatic rings. The van der Waals surface area contributed by atoms with Crippen LogP contribution in [0.15, 0.2) is 0 Å². The lowest BCUT2D eigenvalue weighted by molar-refractivity contribution is -0.192. The Labute approximate surface area is 107 Å². The third-order valence-electron chi connectivity index (χ3n) is 1.85. The zero-order valence-electron chi connectivity index (χ0n) is 10.4. The van der Waals surface area contributed by atoms with Crippen molar-refractivity contribution in [2.24, 2.45) is 0 Å². The van der Waals surface area contributed by atoms with Crippen LogP contribution in [0.4, 0.5) is 13.2 Å². The Morgan fingerprint density at radius 1 is 0.947 bits per heavy atom. The molecule has 11 heteroatoms. The smallest absolute Gasteiger partial charge is 0.453 e. The zero-order valence-corrected chi connectivity index (χ0v) is 11.4. The Kier molecular flexibility index (Phi) is 6.97. The van der Waals surface area contributed by atoms with Crippen LogP contribution >= 0.6 is 0 Å². The highest BCUT2D eigenvalue weighted by atomic mass is 28.4. The molecule has 0 radical (unpaired) electrons. The number of alkyl halides is 3. The molecule has 0 spiro atoms. The average Bonchev–Trinajstić information content (AvgIpc) is 2.37. The first kappa shape index (κ1) is 17.8. The van der Waals surface area contributed by atoms with Crippen LogP contribution in [0, 0.1) is 0 Å². The van der Waals surface area contributed by atoms with E-state index in [2.05, 4.69) is 9.47 Å². The predicted molar refractivity (Wildman–Crippen MR) is 54.8 cm³/mol. The minimum atomic E-state index is -4.72. The van der Waals surface area contributed by atoms with Crippen molar-refractivity contribution in [1.29, 1.82) is 0 Å². The molecule has 0 rings (SSSR count). The second-order valence-electron chi connectivity index (χ2n) is 3.06. The molecule has 0 fully saturated rings. The second-order valence-corrected chi connectivity index (χ2v) is 5.94. The zero-order chi connectivity index (χ0) is 15.1. The summed E-state index contributed by atoms with van der Waals surface area (Å²) in [6.45, 7) is -1.87. The Balaban J connectivity index is 4.27. The molecule has 0 aromatic heterocycles. The number of esters is 2. The highest BCUT2D eigenvalue weighted by molar-refractivity contribution is 6.60. The van der Waals surface area contributed by atoms with Gasteiger partial charge >= 0.3 is 26.9 Å². The molecule has 0 aliphatic carbocycles. The molecule has 0 atom stereocenters. The van der Waals surface area contributed by atoms with Crippen molar-refractivity contribution in [1.82, 2.24) is 0 Å². The molecule has 0 amide bonds. The van der Waals surface area contributed by atoms with E-state index >= 15 is 0 Å². The minimum absolute atomic E-state index is 0.531. The van der Waals surface area contributed by atoms with Gasteiger partial charge in [0.25, 0.3) is 0 Å². The topological polar surface area (TPSA) is 80.3 Å². The molecule has 7 nitrogen and oxygen atoms in total. The lowest BCUT2D eigenvalue weighted by atomic mass is 10.6. The first-order chi connectivity index (χ1) is 8.69. The van der Waals surface area contributed by atoms with Gasteiger partial charge < -0.3 is 22.8 Å². The van der Waals surface area contributed by atoms with Crippen molar-refractivity contribution in [3.63, 3.8) is 0 Å². The molecule has 112 valence electrons. The van der Waals surface area contributed by atoms with Crippen molar-refractivity contribution in [3.05, 3.63) is 0 Å². The van der Waals surface area contributed by atoms with E-state index in [-0.39, 0.29) is 0 Å². The molecule has 0 bridgehead atoms. The van der Waals surface area contributed by atoms with Crippen LogP contribution in [-0.4, -0.2) is 61.1 Å². The minimum Gasteiger partial charge on any atom is -0.453 e. The van der Waals surface area contributed by atoms with Crippen LogP contribution < -0.4 is 0 Å². The molecular weight excluding hydrogens is 293 g/mol. The molecule has 0 saturated heterocycles. The van der Waals surface area contributed by atoms with Gasteiger partial charge in [0.1, 0.15) is 0 Å². The maximum atomic E-state index is 11.7. The van der Waals surface area contributed by atoms with E-state index in [0.717, 1.165) is 0 Å². The van der Waals surface area contributed by atoms with Crippen molar-refractivity contribution in [2.75, 3.05) is 34.2 Å². The summed E-state index contributed by atoms with van der Waals surface area (Å²) in [5, 5.41) is 0. The summed E-state index contributed by atoms with van der Waals surface area (Å²) < 4.78 is 57.9. The summed E-state index contributed by atoms with van der Waals surface area (Å²) in [5.74, 6) is -3.35. The number of hydrogen-bond acceptors (Lipinski definition) is 7. The van der Waals surface area contributed by atoms with Gasteiger partial charge in [0.05, 0.1) is 0 Å². The third kappa shape index (κ3) is 6.52. The van der Waals surface area contributed by atoms with Crippen molar-refractivity contribution in [3.8, 4) is 0 Å². The monoisotopic (exact) mass is 306 g/mol. The predicted octanol–water partition coefficient (Wildman–Crippen LogP) is 0.0524. The van der Waals surface area contributed by atoms with E-state index in [1.807, 2.05) is 0 Å². The Bertz CT molecular complexity index is 308. The van der Waals surface area contributed by atoms with Crippen molar-refractivity contribution in [2.45, 2.75) is 6.18 Å². The highest BCUT2D eigenvalue weighted by Crippen LogP contribution is 2.14. The number of rotatable bonds is 6. The summed E-state index contributed by atoms with van der Waals surface area (Å²) in [7, 11) is 0.435. The van der Waals surface area contributed by atoms with Crippen LogP contribution in [0.2, 0.25) is 0 Å². The lowest BCUT2D eigenvalue weighted by Crippen LogP contribution is -2.49. The number of halogens is 3. The number of carbonyl (C=O) groups excluding carboxylic acids is 2. The van der Waals surface area contributed by atoms with Gasteiger partial charge in [-0.05, 0) is 0 Å². The number of carbonyl (C=O) groups is 2. The molecule has 0 aliphatic rings. The van der Waals surface area contributed by atoms with E-state index in [9.17, 15) is 22.8 Å². The van der Waals surface area contributed by atoms with E-state index in [1.54, 1.807) is 0 Å². The van der Waals surface area contributed by atoms with Gasteiger partial charge in [-0.15, -0.1) is 0 Å². The number of ether oxygens (including phenoxy) is 2. The molecule has 0 unspecified atom stereocenters. The van der Waals surface area contributed by atoms with E-state index in [0.29, 0.717) is 0 Å². The first-order valence-corrected chi connectivity index (χ1v) is 6.69. The van der Waals surface area contributed by atoms with Gasteiger partial charge in [-0.1, -0.05) is 0 Å². The largest absolute Gasteiger partial charge is 0.540 e. The van der Waals surface area contributed by atoms with Gasteiger partial charge in [-0.2, -0.15) is 13.2 Å². The van der Waals surface area contributed by atoms with E-state index in [1.165, 1.54) is 21.3 Å². The summed E-state index contributed by atoms with van der Waals surface area (Å²) in [5.41, 5.74) is 0. The molecule has 19 heavy (non-hydrogen) atoms. The van der Waals surface area contributed by atoms with Gasteiger partial charge in [-0.25, -0.2) is 9.59 Å². The SMILES string of the molecule is CO[Si](COC(=O)C(=O)OCC(F)(F)F)(OC)OC. The second kappa shape index (κ2) is 7.42. The van der Waals surface area contributed by atoms with E-state index < -0.39 is 39.8 Å². The molecule has 0 aliphatic heterocycles. The summed E-state index contributed by atoms with van der Waals surface area (Å²) in [6.07, 6.45) is -5.25. The maximum absolute atomic E-state index is 11.7. The molecule has 0 N–H and O–H groups in total. The summed E-state index contributed by atoms with van der Waals surface area (Å²) in [4.78, 5) is 21.9. The molecule has 0 aromatic carbocycles. The number of hydrogen-bond donors (Lipinski definition) is 0. The van der Waals surface area contributed by atoms with Crippen molar-refractivity contribution >= 4 is 20.7 Å². The average molecular weight is 306 g/mol. The normalized spacial score (nSPS) is 12.1. The van der Waals surface area contributed by atoms with Crippen LogP contribution in [0.1, 0.15) is 0 Å². The van der Waals surface area contributed by atoms with Gasteiger partial charge in [0, 0.05) is 21.3 Å². The third-order valence-corrected chi connectivity index (χ3v) is 4.21. The Morgan fingerprint density at radius 3 is 1.74 bits per heavy atom. The van der Waals surface area contributed by atoms with Crippen LogP contribution in [0.25, 0.3) is 0 Å². The molecule has 0 heterocycles. The fourth-order valence-corrected chi connectivity index (χ4v) is 2.01. The molecule has 0 saturated carbocycles. The van der Waals surface area contributed by atoms with E-state index in [4.69, 9.17) is 13.3 Å². The van der Waals surface area contributed by atoms with Gasteiger partial charge in [0.15, 0.2) is 12.8 Å². The highest BCUT2D eigenvalue weighted by Gasteiger charge is 2.41. The fourth-order valence-electron chi connectivity index (χ4n) is 0.846. The van der Waals surface area contributed by atoms with Gasteiger partial charge in [0.2, 0.25) is 0 Å². The maximum Gasteiger partial charge on any atom is 0.540 e. The first-order valence-electron chi connectivity index (χ1n) is 4.76. The lowest BCUT2D eigenvalue weighted by Gasteiger charge is -2.23. The summed E-state index contributed by atoms with van der Waals surface area (Å²) in [6, 6.07) is 0. The summed E-state index contributed by atoms with van der Waals surface area (Å²) >= 11 is 0. The van der Waals surface area contributed by atoms with Gasteiger partial charge in [-0.3, -0.25) is 0 Å². The molecular formula is C8H13F3O7Si. The van der Waals surface area contributed by atoms with Crippen LogP contribution in [0.5, 0.6) is 0 Å². The van der Waals surface area contributed by atoms with Crippen molar-refractivity contribution < 1.29 is 45.5 Å². The Hall–Kier alpha value is -1.17. The standard InChI is InChI=1S/C8H13F3O7Si/c1-14-19(15-2,16-3)5-18-7(13)6(12)17-4-8(9,10)11/h4-5H2,1-3H3. The fraction of sp³-hybridized carbons (Fsp3) is 0.750. The quantitative estimate of drug-likeness (QED) is 0.390. The van der Waals surface area contributed by atoms with Crippen LogP contribution in [-0.2, 0) is 32.3 Å². The van der Waals surface area contributed by atoms with Crippen LogP contribution in [0.3, 0.4) is 0 Å². The Morgan fingerprint density at radius 2 is 1.37 bits per heavy atom.